The Balaban J connectivity index is 2.60. The fourth-order valence-electron chi connectivity index (χ4n) is 0.983. The second kappa shape index (κ2) is 4.92. The first-order valence-electron chi connectivity index (χ1n) is 3.68. The highest BCUT2D eigenvalue weighted by Crippen LogP contribution is 2.19. The minimum absolute atomic E-state index is 0.0602. The van der Waals surface area contributed by atoms with Crippen LogP contribution in [-0.4, -0.2) is 45.4 Å². The molecule has 1 fully saturated rings. The van der Waals surface area contributed by atoms with Gasteiger partial charge in [0.1, 0.15) is 0 Å². The number of hydrogen-bond donors (Lipinski definition) is 1. The van der Waals surface area contributed by atoms with Crippen LogP contribution < -0.4 is 5.32 Å². The summed E-state index contributed by atoms with van der Waals surface area (Å²) in [5, 5.41) is 3.47. The monoisotopic (exact) mass is 237 g/mol. The largest absolute Gasteiger partial charge is 0.360 e. The lowest BCUT2D eigenvalue weighted by Crippen LogP contribution is -2.38. The van der Waals surface area contributed by atoms with Gasteiger partial charge in [-0.3, -0.25) is 4.90 Å². The van der Waals surface area contributed by atoms with Crippen LogP contribution in [-0.2, 0) is 0 Å². The van der Waals surface area contributed by atoms with Gasteiger partial charge in [-0.15, -0.1) is 0 Å². The van der Waals surface area contributed by atoms with Gasteiger partial charge in [0.25, 0.3) is 0 Å². The van der Waals surface area contributed by atoms with Crippen molar-refractivity contribution in [1.29, 1.82) is 0 Å². The van der Waals surface area contributed by atoms with Crippen LogP contribution in [0.4, 0.5) is 4.79 Å². The van der Waals surface area contributed by atoms with Crippen molar-refractivity contribution in [3.05, 3.63) is 0 Å². The van der Waals surface area contributed by atoms with Gasteiger partial charge in [-0.2, -0.15) is 0 Å². The molecule has 1 aliphatic rings. The molecule has 0 aromatic carbocycles. The molecular formula is C6H11N3OS3. The predicted octanol–water partition coefficient (Wildman–Crippen LogP) is 1.15. The fraction of sp³-hybridized carbons (Fsp3) is 0.667. The molecule has 0 aliphatic carbocycles. The van der Waals surface area contributed by atoms with E-state index in [1.807, 2.05) is 12.5 Å². The molecule has 74 valence electrons. The maximum absolute atomic E-state index is 11.7. The molecule has 1 saturated heterocycles. The number of nitrogens with zero attached hydrogens (tertiary/aromatic N) is 2. The smallest absolute Gasteiger partial charge is 0.346 e. The summed E-state index contributed by atoms with van der Waals surface area (Å²) < 4.78 is 1.60. The maximum atomic E-state index is 11.7. The van der Waals surface area contributed by atoms with Crippen molar-refractivity contribution in [2.45, 2.75) is 0 Å². The summed E-state index contributed by atoms with van der Waals surface area (Å²) >= 11 is 7.75. The Kier molecular flexibility index (Phi) is 4.14. The first-order valence-corrected chi connectivity index (χ1v) is 6.45. The predicted molar refractivity (Wildman–Crippen MR) is 61.6 cm³/mol. The van der Waals surface area contributed by atoms with Crippen LogP contribution in [0.3, 0.4) is 0 Å². The molecule has 0 atom stereocenters. The second-order valence-electron chi connectivity index (χ2n) is 2.29. The lowest BCUT2D eigenvalue weighted by atomic mass is 10.6. The molecule has 2 amide bonds. The quantitative estimate of drug-likeness (QED) is 0.576. The van der Waals surface area contributed by atoms with E-state index in [9.17, 15) is 4.79 Å². The molecular weight excluding hydrogens is 226 g/mol. The van der Waals surface area contributed by atoms with Crippen LogP contribution in [0.5, 0.6) is 0 Å². The van der Waals surface area contributed by atoms with Crippen molar-refractivity contribution in [1.82, 2.24) is 13.9 Å². The summed E-state index contributed by atoms with van der Waals surface area (Å²) in [5.41, 5.74) is 0. The highest BCUT2D eigenvalue weighted by molar-refractivity contribution is 8.12. The van der Waals surface area contributed by atoms with Gasteiger partial charge in [0.2, 0.25) is 0 Å². The van der Waals surface area contributed by atoms with Gasteiger partial charge in [0.15, 0.2) is 5.11 Å². The zero-order valence-electron chi connectivity index (χ0n) is 7.44. The lowest BCUT2D eigenvalue weighted by molar-refractivity contribution is 0.221. The van der Waals surface area contributed by atoms with Gasteiger partial charge < -0.3 is 5.32 Å². The number of rotatable bonds is 2. The molecule has 7 heteroatoms. The molecule has 1 aliphatic heterocycles. The number of nitrogens with one attached hydrogen (secondary N) is 1. The van der Waals surface area contributed by atoms with E-state index in [1.54, 1.807) is 8.61 Å². The number of urea groups is 1. The molecule has 0 bridgehead atoms. The Bertz CT molecular complexity index is 219. The number of carbonyl (C=O) groups is 1. The lowest BCUT2D eigenvalue weighted by Gasteiger charge is -2.22. The first kappa shape index (κ1) is 10.9. The van der Waals surface area contributed by atoms with Gasteiger partial charge >= 0.3 is 6.03 Å². The Hall–Kier alpha value is -0.140. The third-order valence-corrected chi connectivity index (χ3v) is 3.81. The number of amides is 2. The molecule has 13 heavy (non-hydrogen) atoms. The van der Waals surface area contributed by atoms with E-state index in [-0.39, 0.29) is 6.03 Å². The summed E-state index contributed by atoms with van der Waals surface area (Å²) in [4.78, 5) is 13.3. The Morgan fingerprint density at radius 3 is 2.62 bits per heavy atom. The van der Waals surface area contributed by atoms with Crippen molar-refractivity contribution >= 4 is 47.3 Å². The normalized spacial score (nSPS) is 15.8. The van der Waals surface area contributed by atoms with E-state index in [0.717, 1.165) is 6.54 Å². The molecule has 0 saturated carbocycles. The Morgan fingerprint density at radius 1 is 1.62 bits per heavy atom. The van der Waals surface area contributed by atoms with E-state index in [1.165, 1.54) is 23.9 Å². The van der Waals surface area contributed by atoms with E-state index < -0.39 is 0 Å². The van der Waals surface area contributed by atoms with Crippen LogP contribution in [0.1, 0.15) is 0 Å². The van der Waals surface area contributed by atoms with E-state index in [4.69, 9.17) is 12.2 Å². The molecule has 0 radical (unpaired) electrons. The highest BCUT2D eigenvalue weighted by Gasteiger charge is 2.27. The molecule has 1 rings (SSSR count). The minimum Gasteiger partial charge on any atom is -0.360 e. The SMILES string of the molecule is CSN(SC)C(=O)N1CCNC1=S. The number of hydrogen-bond acceptors (Lipinski definition) is 4. The summed E-state index contributed by atoms with van der Waals surface area (Å²) in [6.07, 6.45) is 3.72. The Labute approximate surface area is 91.7 Å². The maximum Gasteiger partial charge on any atom is 0.346 e. The second-order valence-corrected chi connectivity index (χ2v) is 4.37. The van der Waals surface area contributed by atoms with Crippen molar-refractivity contribution in [3.63, 3.8) is 0 Å². The third kappa shape index (κ3) is 2.41. The minimum atomic E-state index is -0.0602. The van der Waals surface area contributed by atoms with Gasteiger partial charge in [-0.1, -0.05) is 0 Å². The van der Waals surface area contributed by atoms with E-state index in [0.29, 0.717) is 11.7 Å². The van der Waals surface area contributed by atoms with Crippen LogP contribution in [0, 0.1) is 0 Å². The van der Waals surface area contributed by atoms with Gasteiger partial charge in [-0.25, -0.2) is 8.51 Å². The van der Waals surface area contributed by atoms with Gasteiger partial charge in [-0.05, 0) is 36.1 Å². The van der Waals surface area contributed by atoms with Gasteiger partial charge in [0, 0.05) is 25.6 Å². The van der Waals surface area contributed by atoms with Crippen LogP contribution in [0.15, 0.2) is 0 Å². The van der Waals surface area contributed by atoms with Crippen molar-refractivity contribution < 1.29 is 4.79 Å². The van der Waals surface area contributed by atoms with Crippen LogP contribution in [0.25, 0.3) is 0 Å². The van der Waals surface area contributed by atoms with Crippen molar-refractivity contribution in [2.75, 3.05) is 25.6 Å². The molecule has 1 N–H and O–H groups in total. The van der Waals surface area contributed by atoms with Crippen LogP contribution >= 0.6 is 36.1 Å². The average molecular weight is 237 g/mol. The first-order chi connectivity index (χ1) is 6.20. The molecule has 0 aromatic heterocycles. The van der Waals surface area contributed by atoms with E-state index in [2.05, 4.69) is 5.32 Å². The fourth-order valence-corrected chi connectivity index (χ4v) is 2.36. The average Bonchev–Trinajstić information content (AvgIpc) is 2.53. The highest BCUT2D eigenvalue weighted by atomic mass is 32.2. The molecule has 0 aromatic rings. The molecule has 0 unspecified atom stereocenters. The van der Waals surface area contributed by atoms with Crippen LogP contribution in [0.2, 0.25) is 0 Å². The number of carbonyl (C=O) groups excluding carboxylic acids is 1. The zero-order valence-corrected chi connectivity index (χ0v) is 9.89. The molecule has 0 spiro atoms. The van der Waals surface area contributed by atoms with Crippen molar-refractivity contribution in [2.24, 2.45) is 0 Å². The molecule has 1 heterocycles. The standard InChI is InChI=1S/C6H11N3OS3/c1-12-9(13-2)6(10)8-4-3-7-5(8)11/h3-4H2,1-2H3,(H,7,11). The summed E-state index contributed by atoms with van der Waals surface area (Å²) in [5.74, 6) is 0. The summed E-state index contributed by atoms with van der Waals surface area (Å²) in [6, 6.07) is -0.0602. The van der Waals surface area contributed by atoms with E-state index >= 15 is 0 Å². The van der Waals surface area contributed by atoms with Gasteiger partial charge in [0.05, 0.1) is 0 Å². The number of thiocarbonyl (C=S) groups is 1. The topological polar surface area (TPSA) is 35.6 Å². The Morgan fingerprint density at radius 2 is 2.23 bits per heavy atom. The summed E-state index contributed by atoms with van der Waals surface area (Å²) in [6.45, 7) is 1.41. The summed E-state index contributed by atoms with van der Waals surface area (Å²) in [7, 11) is 0. The molecule has 4 nitrogen and oxygen atoms in total. The zero-order chi connectivity index (χ0) is 9.84. The van der Waals surface area contributed by atoms with Crippen molar-refractivity contribution in [3.8, 4) is 0 Å². The third-order valence-electron chi connectivity index (χ3n) is 1.58.